The predicted molar refractivity (Wildman–Crippen MR) is 185 cm³/mol. The summed E-state index contributed by atoms with van der Waals surface area (Å²) in [5, 5.41) is 71.6. The quantitative estimate of drug-likeness (QED) is 0.141. The first kappa shape index (κ1) is 37.8. The highest BCUT2D eigenvalue weighted by atomic mass is 16.5. The summed E-state index contributed by atoms with van der Waals surface area (Å²) >= 11 is 0. The van der Waals surface area contributed by atoms with Crippen molar-refractivity contribution in [2.45, 2.75) is 159 Å². The van der Waals surface area contributed by atoms with Crippen molar-refractivity contribution in [3.63, 3.8) is 0 Å². The van der Waals surface area contributed by atoms with Crippen molar-refractivity contribution in [3.8, 4) is 0 Å². The van der Waals surface area contributed by atoms with Crippen LogP contribution in [0.15, 0.2) is 11.6 Å². The molecule has 6 rings (SSSR count). The Kier molecular flexibility index (Phi) is 11.2. The summed E-state index contributed by atoms with van der Waals surface area (Å²) in [5.74, 6) is -0.759. The number of aliphatic hydroxyl groups is 6. The number of unbranched alkanes of at least 4 members (excludes halogenated alkanes) is 3. The zero-order chi connectivity index (χ0) is 35.4. The van der Waals surface area contributed by atoms with Crippen LogP contribution in [0, 0.1) is 46.3 Å². The number of aliphatic hydroxyl groups excluding tert-OH is 4. The molecule has 280 valence electrons. The fraction of sp³-hybridized carbons (Fsp3) is 0.923. The van der Waals surface area contributed by atoms with Gasteiger partial charge < -0.3 is 40.7 Å². The minimum atomic E-state index is -1.61. The van der Waals surface area contributed by atoms with E-state index in [1.807, 2.05) is 6.92 Å². The number of hydrogen-bond donors (Lipinski definition) is 8. The summed E-state index contributed by atoms with van der Waals surface area (Å²) in [4.78, 5) is 14.1. The van der Waals surface area contributed by atoms with Crippen LogP contribution < -0.4 is 11.1 Å². The van der Waals surface area contributed by atoms with E-state index in [4.69, 9.17) is 10.5 Å². The van der Waals surface area contributed by atoms with Crippen molar-refractivity contribution in [1.29, 1.82) is 0 Å². The summed E-state index contributed by atoms with van der Waals surface area (Å²) < 4.78 is 6.16. The first-order valence-electron chi connectivity index (χ1n) is 19.8. The van der Waals surface area contributed by atoms with Crippen molar-refractivity contribution < 1.29 is 45.5 Å². The first-order valence-corrected chi connectivity index (χ1v) is 19.8. The van der Waals surface area contributed by atoms with Gasteiger partial charge in [0.1, 0.15) is 12.3 Å². The number of allylic oxidation sites excluding steroid dienone is 1. The maximum atomic E-state index is 14.1. The standard InChI is InChI=1S/C39H66N2O8/c1-4-5-6-7-8-24-22-49-34(25(24)21-42)35(46)37(3,47)32-13-16-39(48)27-17-29(43)28-18-30(44)31(45)19-38(28,26(27)12-14-36(32,39)2)15-11-23-9-10-33(40)41-20-23/h17,23-26,28,30-35,41-42,44-48H,4-16,18-22,40H2,1-3H3/p+1/t23?,24-,25-,26+,28+,30+,31-,32+,33?,34+,35+,36+,37+,38+,39-/m0/s1. The van der Waals surface area contributed by atoms with Crippen LogP contribution in [0.25, 0.3) is 0 Å². The first-order chi connectivity index (χ1) is 23.2. The summed E-state index contributed by atoms with van der Waals surface area (Å²) in [6, 6.07) is 0. The Hall–Kier alpha value is -0.950. The van der Waals surface area contributed by atoms with Crippen LogP contribution in [0.3, 0.4) is 0 Å². The van der Waals surface area contributed by atoms with Gasteiger partial charge in [-0.25, -0.2) is 0 Å². The number of hydrogen-bond acceptors (Lipinski definition) is 9. The summed E-state index contributed by atoms with van der Waals surface area (Å²) in [5.41, 5.74) is 2.53. The Balaban J connectivity index is 1.25. The van der Waals surface area contributed by atoms with E-state index in [1.165, 1.54) is 6.42 Å². The van der Waals surface area contributed by atoms with Crippen LogP contribution in [0.5, 0.6) is 0 Å². The highest BCUT2D eigenvalue weighted by molar-refractivity contribution is 5.95. The van der Waals surface area contributed by atoms with Crippen molar-refractivity contribution in [3.05, 3.63) is 11.6 Å². The molecule has 0 radical (unpaired) electrons. The zero-order valence-corrected chi connectivity index (χ0v) is 30.3. The number of carbonyl (C=O) groups excluding carboxylic acids is 1. The number of ether oxygens (including phenoxy) is 1. The topological polar surface area (TPSA) is 190 Å². The minimum Gasteiger partial charge on any atom is -0.396 e. The molecule has 10 N–H and O–H groups in total. The number of fused-ring (bicyclic) bond motifs is 5. The Morgan fingerprint density at radius 1 is 1.08 bits per heavy atom. The molecular formula is C39H67N2O8+. The van der Waals surface area contributed by atoms with Gasteiger partial charge in [0, 0.05) is 36.2 Å². The van der Waals surface area contributed by atoms with Crippen LogP contribution in [0.1, 0.15) is 117 Å². The molecule has 0 spiro atoms. The largest absolute Gasteiger partial charge is 0.396 e. The summed E-state index contributed by atoms with van der Waals surface area (Å²) in [6.07, 6.45) is 9.72. The normalized spacial score (nSPS) is 47.1. The van der Waals surface area contributed by atoms with Gasteiger partial charge in [-0.1, -0.05) is 39.5 Å². The third-order valence-electron chi connectivity index (χ3n) is 15.3. The lowest BCUT2D eigenvalue weighted by Gasteiger charge is -2.62. The van der Waals surface area contributed by atoms with Crippen LogP contribution in [0.2, 0.25) is 0 Å². The van der Waals surface area contributed by atoms with E-state index in [1.54, 1.807) is 13.0 Å². The number of rotatable bonds is 12. The summed E-state index contributed by atoms with van der Waals surface area (Å²) in [6.45, 7) is 7.14. The lowest BCUT2D eigenvalue weighted by Crippen LogP contribution is -2.95. The molecule has 2 aliphatic heterocycles. The fourth-order valence-electron chi connectivity index (χ4n) is 12.3. The van der Waals surface area contributed by atoms with Crippen LogP contribution in [0.4, 0.5) is 0 Å². The third kappa shape index (κ3) is 6.41. The average Bonchev–Trinajstić information content (AvgIpc) is 3.61. The maximum absolute atomic E-state index is 14.1. The Morgan fingerprint density at radius 3 is 2.55 bits per heavy atom. The van der Waals surface area contributed by atoms with E-state index in [9.17, 15) is 35.4 Å². The number of carbonyl (C=O) groups is 1. The van der Waals surface area contributed by atoms with E-state index in [0.29, 0.717) is 44.6 Å². The van der Waals surface area contributed by atoms with Crippen molar-refractivity contribution in [2.24, 2.45) is 52.1 Å². The average molecular weight is 692 g/mol. The van der Waals surface area contributed by atoms with Gasteiger partial charge in [-0.15, -0.1) is 0 Å². The molecule has 2 unspecified atom stereocenters. The Labute approximate surface area is 293 Å². The molecular weight excluding hydrogens is 624 g/mol. The van der Waals surface area contributed by atoms with Crippen molar-refractivity contribution in [1.82, 2.24) is 0 Å². The molecule has 0 bridgehead atoms. The highest BCUT2D eigenvalue weighted by Gasteiger charge is 2.70. The molecule has 5 fully saturated rings. The molecule has 6 aliphatic rings. The second-order valence-corrected chi connectivity index (χ2v) is 17.9. The molecule has 49 heavy (non-hydrogen) atoms. The molecule has 10 nitrogen and oxygen atoms in total. The molecule has 0 aromatic carbocycles. The smallest absolute Gasteiger partial charge is 0.159 e. The van der Waals surface area contributed by atoms with Crippen LogP contribution >= 0.6 is 0 Å². The Morgan fingerprint density at radius 2 is 1.86 bits per heavy atom. The number of nitrogens with two attached hydrogens (primary N) is 2. The Bertz CT molecular complexity index is 1210. The number of quaternary nitrogens is 1. The zero-order valence-electron chi connectivity index (χ0n) is 30.3. The van der Waals surface area contributed by atoms with E-state index >= 15 is 0 Å². The van der Waals surface area contributed by atoms with E-state index in [0.717, 1.165) is 63.5 Å². The monoisotopic (exact) mass is 691 g/mol. The summed E-state index contributed by atoms with van der Waals surface area (Å²) in [7, 11) is 0. The molecule has 4 aliphatic carbocycles. The van der Waals surface area contributed by atoms with Crippen molar-refractivity contribution in [2.75, 3.05) is 19.8 Å². The SMILES string of the molecule is CCCCCC[C@H]1CO[C@@H]([C@@H](O)[C@](C)(O)[C@@H]2CC[C@]3(O)C4=CC(=O)[C@H]5C[C@@H](O)[C@@H](O)C[C@]5(CCC5CCC(N)[NH2+]C5)[C@@H]4CC[C@]23C)[C@H]1CO. The van der Waals surface area contributed by atoms with Gasteiger partial charge in [-0.05, 0) is 106 Å². The van der Waals surface area contributed by atoms with Gasteiger partial charge >= 0.3 is 0 Å². The second kappa shape index (κ2) is 14.5. The molecule has 0 amide bonds. The van der Waals surface area contributed by atoms with Gasteiger partial charge in [0.15, 0.2) is 5.78 Å². The lowest BCUT2D eigenvalue weighted by molar-refractivity contribution is -0.703. The molecule has 2 saturated heterocycles. The van der Waals surface area contributed by atoms with Gasteiger partial charge in [0.05, 0.1) is 42.7 Å². The highest BCUT2D eigenvalue weighted by Crippen LogP contribution is 2.69. The second-order valence-electron chi connectivity index (χ2n) is 17.9. The number of piperidine rings is 1. The van der Waals surface area contributed by atoms with Gasteiger partial charge in [0.25, 0.3) is 0 Å². The van der Waals surface area contributed by atoms with Crippen molar-refractivity contribution >= 4 is 5.78 Å². The predicted octanol–water partition coefficient (Wildman–Crippen LogP) is 1.92. The van der Waals surface area contributed by atoms with Gasteiger partial charge in [-0.2, -0.15) is 0 Å². The van der Waals surface area contributed by atoms with Gasteiger partial charge in [0.2, 0.25) is 0 Å². The van der Waals surface area contributed by atoms with E-state index < -0.39 is 58.3 Å². The molecule has 0 aromatic rings. The third-order valence-corrected chi connectivity index (χ3v) is 15.3. The minimum absolute atomic E-state index is 0.0718. The number of ketones is 1. The molecule has 10 heteroatoms. The molecule has 3 saturated carbocycles. The van der Waals surface area contributed by atoms with E-state index in [2.05, 4.69) is 12.2 Å². The molecule has 2 heterocycles. The molecule has 0 aromatic heterocycles. The fourth-order valence-corrected chi connectivity index (χ4v) is 12.3. The maximum Gasteiger partial charge on any atom is 0.159 e. The lowest BCUT2D eigenvalue weighted by atomic mass is 9.44. The van der Waals surface area contributed by atoms with Gasteiger partial charge in [-0.3, -0.25) is 10.5 Å². The van der Waals surface area contributed by atoms with Crippen LogP contribution in [-0.2, 0) is 9.53 Å². The van der Waals surface area contributed by atoms with Crippen LogP contribution in [-0.4, -0.2) is 98.0 Å². The molecule has 15 atom stereocenters. The van der Waals surface area contributed by atoms with E-state index in [-0.39, 0.29) is 42.7 Å².